The molecule has 1 atom stereocenters. The van der Waals surface area contributed by atoms with E-state index in [0.29, 0.717) is 19.6 Å². The van der Waals surface area contributed by atoms with E-state index in [-0.39, 0.29) is 6.10 Å². The molecule has 1 unspecified atom stereocenters. The second kappa shape index (κ2) is 6.10. The lowest BCUT2D eigenvalue weighted by molar-refractivity contribution is 0.155. The molecule has 0 aliphatic carbocycles. The lowest BCUT2D eigenvalue weighted by Crippen LogP contribution is -2.07. The Morgan fingerprint density at radius 1 is 1.53 bits per heavy atom. The smallest absolute Gasteiger partial charge is 0.133 e. The molecule has 0 aromatic heterocycles. The third-order valence-corrected chi connectivity index (χ3v) is 2.64. The van der Waals surface area contributed by atoms with Crippen LogP contribution in [-0.4, -0.2) is 17.8 Å². The number of aliphatic hydroxyl groups excluding tert-OH is 1. The van der Waals surface area contributed by atoms with Crippen molar-refractivity contribution in [2.24, 2.45) is 5.73 Å². The van der Waals surface area contributed by atoms with Crippen LogP contribution in [0.1, 0.15) is 18.9 Å². The molecule has 1 aromatic rings. The summed E-state index contributed by atoms with van der Waals surface area (Å²) >= 11 is 3.41. The molecule has 0 aliphatic rings. The van der Waals surface area contributed by atoms with E-state index in [4.69, 9.17) is 15.6 Å². The van der Waals surface area contributed by atoms with Gasteiger partial charge in [0.2, 0.25) is 0 Å². The Morgan fingerprint density at radius 2 is 2.27 bits per heavy atom. The maximum Gasteiger partial charge on any atom is 0.133 e. The van der Waals surface area contributed by atoms with Crippen molar-refractivity contribution >= 4 is 15.9 Å². The summed E-state index contributed by atoms with van der Waals surface area (Å²) in [5.41, 5.74) is 6.57. The summed E-state index contributed by atoms with van der Waals surface area (Å²) in [7, 11) is 0. The van der Waals surface area contributed by atoms with Crippen molar-refractivity contribution in [3.8, 4) is 5.75 Å². The van der Waals surface area contributed by atoms with E-state index >= 15 is 0 Å². The van der Waals surface area contributed by atoms with Crippen LogP contribution in [0, 0.1) is 0 Å². The van der Waals surface area contributed by atoms with Gasteiger partial charge in [-0.1, -0.05) is 6.07 Å². The van der Waals surface area contributed by atoms with E-state index in [2.05, 4.69) is 15.9 Å². The Balaban J connectivity index is 2.54. The third kappa shape index (κ3) is 4.20. The lowest BCUT2D eigenvalue weighted by Gasteiger charge is -2.10. The molecule has 1 rings (SSSR count). The predicted molar refractivity (Wildman–Crippen MR) is 63.8 cm³/mol. The maximum atomic E-state index is 9.07. The van der Waals surface area contributed by atoms with Gasteiger partial charge in [0.05, 0.1) is 17.2 Å². The summed E-state index contributed by atoms with van der Waals surface area (Å²) < 4.78 is 6.40. The number of hydrogen-bond acceptors (Lipinski definition) is 3. The lowest BCUT2D eigenvalue weighted by atomic mass is 10.2. The van der Waals surface area contributed by atoms with Gasteiger partial charge >= 0.3 is 0 Å². The molecule has 0 saturated heterocycles. The van der Waals surface area contributed by atoms with Crippen molar-refractivity contribution in [1.82, 2.24) is 0 Å². The molecule has 0 fully saturated rings. The monoisotopic (exact) mass is 273 g/mol. The molecule has 0 saturated carbocycles. The molecular formula is C11H16BrNO2. The van der Waals surface area contributed by atoms with Crippen molar-refractivity contribution in [3.05, 3.63) is 28.2 Å². The Hall–Kier alpha value is -0.580. The number of hydrogen-bond donors (Lipinski definition) is 2. The Labute approximate surface area is 98.4 Å². The van der Waals surface area contributed by atoms with Crippen LogP contribution in [0.15, 0.2) is 22.7 Å². The van der Waals surface area contributed by atoms with Gasteiger partial charge in [-0.05, 0) is 40.5 Å². The van der Waals surface area contributed by atoms with Crippen molar-refractivity contribution in [2.45, 2.75) is 26.0 Å². The van der Waals surface area contributed by atoms with Crippen molar-refractivity contribution in [3.63, 3.8) is 0 Å². The van der Waals surface area contributed by atoms with Gasteiger partial charge in [-0.3, -0.25) is 0 Å². The second-order valence-electron chi connectivity index (χ2n) is 3.46. The molecule has 0 amide bonds. The van der Waals surface area contributed by atoms with Crippen LogP contribution < -0.4 is 10.5 Å². The minimum atomic E-state index is -0.327. The average molecular weight is 274 g/mol. The first kappa shape index (κ1) is 12.5. The third-order valence-electron chi connectivity index (χ3n) is 2.03. The Morgan fingerprint density at radius 3 is 2.80 bits per heavy atom. The number of benzene rings is 1. The molecule has 3 N–H and O–H groups in total. The van der Waals surface area contributed by atoms with Crippen LogP contribution in [0.25, 0.3) is 0 Å². The number of ether oxygens (including phenoxy) is 1. The van der Waals surface area contributed by atoms with Crippen molar-refractivity contribution < 1.29 is 9.84 Å². The molecule has 0 spiro atoms. The van der Waals surface area contributed by atoms with Gasteiger partial charge in [0.15, 0.2) is 0 Å². The quantitative estimate of drug-likeness (QED) is 0.864. The normalized spacial score (nSPS) is 12.5. The topological polar surface area (TPSA) is 55.5 Å². The molecular weight excluding hydrogens is 258 g/mol. The summed E-state index contributed by atoms with van der Waals surface area (Å²) in [4.78, 5) is 0. The van der Waals surface area contributed by atoms with Crippen molar-refractivity contribution in [1.29, 1.82) is 0 Å². The SMILES string of the molecule is CC(O)CCOc1ccc(CN)cc1Br. The maximum absolute atomic E-state index is 9.07. The first-order chi connectivity index (χ1) is 7.13. The highest BCUT2D eigenvalue weighted by molar-refractivity contribution is 9.10. The van der Waals surface area contributed by atoms with Crippen LogP contribution in [0.5, 0.6) is 5.75 Å². The van der Waals surface area contributed by atoms with Gasteiger partial charge in [-0.15, -0.1) is 0 Å². The van der Waals surface area contributed by atoms with Gasteiger partial charge in [0.25, 0.3) is 0 Å². The molecule has 0 aliphatic heterocycles. The summed E-state index contributed by atoms with van der Waals surface area (Å²) in [6.45, 7) is 2.78. The van der Waals surface area contributed by atoms with Crippen molar-refractivity contribution in [2.75, 3.05) is 6.61 Å². The standard InChI is InChI=1S/C11H16BrNO2/c1-8(14)4-5-15-11-3-2-9(7-13)6-10(11)12/h2-3,6,8,14H,4-5,7,13H2,1H3. The first-order valence-electron chi connectivity index (χ1n) is 4.93. The second-order valence-corrected chi connectivity index (χ2v) is 4.31. The Bertz CT molecular complexity index is 315. The zero-order chi connectivity index (χ0) is 11.3. The fraction of sp³-hybridized carbons (Fsp3) is 0.455. The molecule has 1 aromatic carbocycles. The van der Waals surface area contributed by atoms with E-state index in [1.165, 1.54) is 0 Å². The predicted octanol–water partition coefficient (Wildman–Crippen LogP) is 2.06. The fourth-order valence-corrected chi connectivity index (χ4v) is 1.67. The van der Waals surface area contributed by atoms with E-state index in [1.54, 1.807) is 6.92 Å². The van der Waals surface area contributed by atoms with Gasteiger partial charge < -0.3 is 15.6 Å². The average Bonchev–Trinajstić information content (AvgIpc) is 2.20. The number of halogens is 1. The summed E-state index contributed by atoms with van der Waals surface area (Å²) in [5.74, 6) is 0.785. The molecule has 3 nitrogen and oxygen atoms in total. The number of aliphatic hydroxyl groups is 1. The first-order valence-corrected chi connectivity index (χ1v) is 5.72. The van der Waals surface area contributed by atoms with Gasteiger partial charge in [0, 0.05) is 13.0 Å². The van der Waals surface area contributed by atoms with Crippen LogP contribution >= 0.6 is 15.9 Å². The van der Waals surface area contributed by atoms with E-state index in [9.17, 15) is 0 Å². The van der Waals surface area contributed by atoms with Gasteiger partial charge in [-0.25, -0.2) is 0 Å². The fourth-order valence-electron chi connectivity index (χ4n) is 1.13. The van der Waals surface area contributed by atoms with E-state index in [0.717, 1.165) is 15.8 Å². The highest BCUT2D eigenvalue weighted by atomic mass is 79.9. The summed E-state index contributed by atoms with van der Waals surface area (Å²) in [6, 6.07) is 5.76. The van der Waals surface area contributed by atoms with Gasteiger partial charge in [0.1, 0.15) is 5.75 Å². The molecule has 84 valence electrons. The number of nitrogens with two attached hydrogens (primary N) is 1. The summed E-state index contributed by atoms with van der Waals surface area (Å²) in [6.07, 6.45) is 0.303. The number of rotatable bonds is 5. The minimum Gasteiger partial charge on any atom is -0.492 e. The zero-order valence-electron chi connectivity index (χ0n) is 8.74. The molecule has 0 bridgehead atoms. The minimum absolute atomic E-state index is 0.327. The molecule has 0 heterocycles. The largest absolute Gasteiger partial charge is 0.492 e. The van der Waals surface area contributed by atoms with Crippen LogP contribution in [0.3, 0.4) is 0 Å². The molecule has 0 radical (unpaired) electrons. The highest BCUT2D eigenvalue weighted by Crippen LogP contribution is 2.26. The van der Waals surface area contributed by atoms with E-state index in [1.807, 2.05) is 18.2 Å². The highest BCUT2D eigenvalue weighted by Gasteiger charge is 2.03. The Kier molecular flexibility index (Phi) is 5.08. The van der Waals surface area contributed by atoms with Gasteiger partial charge in [-0.2, -0.15) is 0 Å². The van der Waals surface area contributed by atoms with Crippen LogP contribution in [-0.2, 0) is 6.54 Å². The van der Waals surface area contributed by atoms with E-state index < -0.39 is 0 Å². The molecule has 4 heteroatoms. The van der Waals surface area contributed by atoms with Crippen LogP contribution in [0.2, 0.25) is 0 Å². The van der Waals surface area contributed by atoms with Crippen LogP contribution in [0.4, 0.5) is 0 Å². The summed E-state index contributed by atoms with van der Waals surface area (Å²) in [5, 5.41) is 9.07. The zero-order valence-corrected chi connectivity index (χ0v) is 10.3. The molecule has 15 heavy (non-hydrogen) atoms.